The van der Waals surface area contributed by atoms with Crippen LogP contribution in [-0.4, -0.2) is 50.5 Å². The number of benzene rings is 2. The summed E-state index contributed by atoms with van der Waals surface area (Å²) in [6.07, 6.45) is 2.32. The fourth-order valence-electron chi connectivity index (χ4n) is 4.45. The number of sulfone groups is 1. The molecule has 0 spiro atoms. The molecule has 2 aromatic carbocycles. The van der Waals surface area contributed by atoms with Crippen LogP contribution in [0.5, 0.6) is 17.2 Å². The van der Waals surface area contributed by atoms with Crippen molar-refractivity contribution in [1.82, 2.24) is 4.90 Å². The van der Waals surface area contributed by atoms with Gasteiger partial charge in [-0.25, -0.2) is 8.42 Å². The number of allylic oxidation sites excluding steroid dienone is 1. The number of hydrogen-bond acceptors (Lipinski definition) is 7. The molecule has 3 heterocycles. The Kier molecular flexibility index (Phi) is 4.79. The Morgan fingerprint density at radius 2 is 2.06 bits per heavy atom. The molecule has 8 heteroatoms. The molecule has 1 atom stereocenters. The van der Waals surface area contributed by atoms with Gasteiger partial charge in [0, 0.05) is 23.7 Å². The molecular weight excluding hydrogens is 418 g/mol. The summed E-state index contributed by atoms with van der Waals surface area (Å²) in [7, 11) is -1.38. The highest BCUT2D eigenvalue weighted by Crippen LogP contribution is 2.43. The van der Waals surface area contributed by atoms with Crippen molar-refractivity contribution in [3.05, 3.63) is 58.3 Å². The van der Waals surface area contributed by atoms with Crippen molar-refractivity contribution in [3.8, 4) is 17.2 Å². The second kappa shape index (κ2) is 7.39. The Balaban J connectivity index is 1.44. The lowest BCUT2D eigenvalue weighted by Crippen LogP contribution is -2.41. The molecule has 2 aromatic rings. The van der Waals surface area contributed by atoms with Gasteiger partial charge in [-0.15, -0.1) is 0 Å². The molecule has 0 bridgehead atoms. The van der Waals surface area contributed by atoms with E-state index in [4.69, 9.17) is 14.2 Å². The molecular formula is C23H23NO6S. The molecule has 0 aromatic heterocycles. The maximum Gasteiger partial charge on any atom is 0.231 e. The number of fused-ring (bicyclic) bond motifs is 2. The first-order chi connectivity index (χ1) is 14.8. The molecule has 0 saturated carbocycles. The molecule has 0 aliphatic carbocycles. The zero-order chi connectivity index (χ0) is 21.8. The molecule has 3 aliphatic rings. The first-order valence-corrected chi connectivity index (χ1v) is 12.0. The van der Waals surface area contributed by atoms with E-state index in [1.807, 2.05) is 42.2 Å². The van der Waals surface area contributed by atoms with E-state index in [1.165, 1.54) is 0 Å². The lowest BCUT2D eigenvalue weighted by Gasteiger charge is -2.33. The molecule has 0 amide bonds. The highest BCUT2D eigenvalue weighted by Gasteiger charge is 2.37. The smallest absolute Gasteiger partial charge is 0.231 e. The topological polar surface area (TPSA) is 82.1 Å². The quantitative estimate of drug-likeness (QED) is 0.678. The fraction of sp³-hybridized carbons (Fsp3) is 0.348. The Hall–Kier alpha value is -2.84. The predicted octanol–water partition coefficient (Wildman–Crippen LogP) is 2.96. The van der Waals surface area contributed by atoms with Gasteiger partial charge < -0.3 is 14.2 Å². The van der Waals surface area contributed by atoms with Gasteiger partial charge >= 0.3 is 0 Å². The van der Waals surface area contributed by atoms with Crippen molar-refractivity contribution in [2.45, 2.75) is 25.9 Å². The molecule has 5 rings (SSSR count). The van der Waals surface area contributed by atoms with Crippen molar-refractivity contribution in [1.29, 1.82) is 0 Å². The number of carbonyl (C=O) groups is 1. The van der Waals surface area contributed by atoms with Crippen LogP contribution < -0.4 is 14.2 Å². The minimum absolute atomic E-state index is 0.0535. The first-order valence-electron chi connectivity index (χ1n) is 10.2. The third kappa shape index (κ3) is 3.59. The largest absolute Gasteiger partial charge is 0.497 e. The lowest BCUT2D eigenvalue weighted by atomic mass is 9.99. The second-order valence-corrected chi connectivity index (χ2v) is 10.4. The van der Waals surface area contributed by atoms with Crippen molar-refractivity contribution in [3.63, 3.8) is 0 Å². The summed E-state index contributed by atoms with van der Waals surface area (Å²) in [5.41, 5.74) is 2.98. The normalized spacial score (nSPS) is 23.2. The molecule has 7 nitrogen and oxygen atoms in total. The predicted molar refractivity (Wildman–Crippen MR) is 115 cm³/mol. The highest BCUT2D eigenvalue weighted by atomic mass is 32.2. The van der Waals surface area contributed by atoms with E-state index >= 15 is 0 Å². The maximum absolute atomic E-state index is 13.1. The van der Waals surface area contributed by atoms with Crippen LogP contribution in [-0.2, 0) is 16.4 Å². The first kappa shape index (κ1) is 20.1. The summed E-state index contributed by atoms with van der Waals surface area (Å²) in [6.45, 7) is 2.76. The number of Topliss-reactive ketones (excluding diaryl/α,β-unsaturated/α-hetero) is 1. The summed E-state index contributed by atoms with van der Waals surface area (Å²) in [5, 5.41) is 0. The summed E-state index contributed by atoms with van der Waals surface area (Å²) >= 11 is 0. The third-order valence-electron chi connectivity index (χ3n) is 6.08. The maximum atomic E-state index is 13.1. The van der Waals surface area contributed by atoms with Crippen molar-refractivity contribution in [2.24, 2.45) is 0 Å². The standard InChI is InChI=1S/C23H23NO6S/c1-14-22-16(11-24(13-29-22)17-6-7-31(26,27)12-17)10-19-21(25)20(30-23(14)19)9-15-4-3-5-18(8-15)28-2/h3-5,8-10,17H,6-7,11-13H2,1-2H3. The van der Waals surface area contributed by atoms with E-state index in [9.17, 15) is 13.2 Å². The van der Waals surface area contributed by atoms with Crippen LogP contribution in [0.4, 0.5) is 0 Å². The van der Waals surface area contributed by atoms with Gasteiger partial charge in [-0.1, -0.05) is 12.1 Å². The Labute approximate surface area is 181 Å². The fourth-order valence-corrected chi connectivity index (χ4v) is 6.21. The Bertz CT molecular complexity index is 1220. The summed E-state index contributed by atoms with van der Waals surface area (Å²) < 4.78 is 40.9. The van der Waals surface area contributed by atoms with Gasteiger partial charge in [-0.2, -0.15) is 0 Å². The summed E-state index contributed by atoms with van der Waals surface area (Å²) in [5.74, 6) is 2.39. The van der Waals surface area contributed by atoms with E-state index in [1.54, 1.807) is 13.2 Å². The second-order valence-electron chi connectivity index (χ2n) is 8.16. The van der Waals surface area contributed by atoms with Crippen LogP contribution in [0.25, 0.3) is 6.08 Å². The van der Waals surface area contributed by atoms with E-state index in [0.717, 1.165) is 16.7 Å². The van der Waals surface area contributed by atoms with Gasteiger partial charge in [0.2, 0.25) is 5.78 Å². The number of methoxy groups -OCH3 is 1. The average molecular weight is 442 g/mol. The van der Waals surface area contributed by atoms with Crippen LogP contribution >= 0.6 is 0 Å². The molecule has 1 saturated heterocycles. The number of ether oxygens (including phenoxy) is 3. The van der Waals surface area contributed by atoms with E-state index in [0.29, 0.717) is 42.5 Å². The lowest BCUT2D eigenvalue weighted by molar-refractivity contribution is 0.0637. The minimum atomic E-state index is -2.98. The summed E-state index contributed by atoms with van der Waals surface area (Å²) in [4.78, 5) is 15.1. The number of rotatable bonds is 3. The zero-order valence-electron chi connectivity index (χ0n) is 17.4. The van der Waals surface area contributed by atoms with Gasteiger partial charge in [0.05, 0.1) is 24.2 Å². The molecule has 31 heavy (non-hydrogen) atoms. The number of hydrogen-bond donors (Lipinski definition) is 0. The molecule has 0 N–H and O–H groups in total. The zero-order valence-corrected chi connectivity index (χ0v) is 18.2. The van der Waals surface area contributed by atoms with Crippen LogP contribution in [0.1, 0.15) is 33.5 Å². The minimum Gasteiger partial charge on any atom is -0.497 e. The average Bonchev–Trinajstić information content (AvgIpc) is 3.28. The van der Waals surface area contributed by atoms with Gasteiger partial charge in [-0.05, 0) is 43.2 Å². The molecule has 0 radical (unpaired) electrons. The Morgan fingerprint density at radius 1 is 1.23 bits per heavy atom. The van der Waals surface area contributed by atoms with Gasteiger partial charge in [0.15, 0.2) is 15.6 Å². The van der Waals surface area contributed by atoms with Gasteiger partial charge in [-0.3, -0.25) is 9.69 Å². The Morgan fingerprint density at radius 3 is 2.81 bits per heavy atom. The molecule has 1 unspecified atom stereocenters. The van der Waals surface area contributed by atoms with E-state index < -0.39 is 9.84 Å². The van der Waals surface area contributed by atoms with Gasteiger partial charge in [0.1, 0.15) is 24.0 Å². The number of carbonyl (C=O) groups excluding carboxylic acids is 1. The molecule has 162 valence electrons. The van der Waals surface area contributed by atoms with Crippen LogP contribution in [0.2, 0.25) is 0 Å². The van der Waals surface area contributed by atoms with Crippen molar-refractivity contribution < 1.29 is 27.4 Å². The number of ketones is 1. The van der Waals surface area contributed by atoms with E-state index in [-0.39, 0.29) is 29.1 Å². The van der Waals surface area contributed by atoms with Crippen LogP contribution in [0.15, 0.2) is 36.1 Å². The van der Waals surface area contributed by atoms with Crippen molar-refractivity contribution >= 4 is 21.7 Å². The molecule has 3 aliphatic heterocycles. The molecule has 1 fully saturated rings. The summed E-state index contributed by atoms with van der Waals surface area (Å²) in [6, 6.07) is 9.17. The SMILES string of the molecule is COc1cccc(C=C2Oc3c(cc4c(c3C)OCN(C3CCS(=O)(=O)C3)C4)C2=O)c1. The van der Waals surface area contributed by atoms with Crippen LogP contribution in [0.3, 0.4) is 0 Å². The third-order valence-corrected chi connectivity index (χ3v) is 7.83. The monoisotopic (exact) mass is 441 g/mol. The highest BCUT2D eigenvalue weighted by molar-refractivity contribution is 7.91. The van der Waals surface area contributed by atoms with E-state index in [2.05, 4.69) is 0 Å². The van der Waals surface area contributed by atoms with Crippen molar-refractivity contribution in [2.75, 3.05) is 25.3 Å². The van der Waals surface area contributed by atoms with Gasteiger partial charge in [0.25, 0.3) is 0 Å². The van der Waals surface area contributed by atoms with Crippen LogP contribution in [0, 0.1) is 6.92 Å². The number of nitrogens with zero attached hydrogens (tertiary/aromatic N) is 1.